The van der Waals surface area contributed by atoms with Crippen LogP contribution in [0.25, 0.3) is 33.1 Å². The lowest BCUT2D eigenvalue weighted by Gasteiger charge is -2.39. The maximum Gasteiger partial charge on any atom is 0.268 e. The van der Waals surface area contributed by atoms with Crippen LogP contribution in [-0.4, -0.2) is 43.7 Å². The maximum absolute atomic E-state index is 12.6. The molecule has 10 heteroatoms. The number of aromatic nitrogens is 5. The molecular weight excluding hydrogens is 476 g/mol. The van der Waals surface area contributed by atoms with Crippen LogP contribution in [0.5, 0.6) is 0 Å². The van der Waals surface area contributed by atoms with Crippen molar-refractivity contribution in [2.45, 2.75) is 18.4 Å². The number of aromatic amines is 1. The van der Waals surface area contributed by atoms with Crippen molar-refractivity contribution in [1.29, 1.82) is 0 Å². The monoisotopic (exact) mass is 500 g/mol. The van der Waals surface area contributed by atoms with Gasteiger partial charge >= 0.3 is 0 Å². The van der Waals surface area contributed by atoms with Gasteiger partial charge in [0.05, 0.1) is 15.9 Å². The minimum atomic E-state index is -0.627. The molecule has 1 aliphatic heterocycles. The molecule has 5 N–H and O–H groups in total. The molecule has 0 saturated carbocycles. The normalized spacial score (nSPS) is 15.6. The van der Waals surface area contributed by atoms with Crippen molar-refractivity contribution < 1.29 is 4.79 Å². The Balaban J connectivity index is 1.38. The summed E-state index contributed by atoms with van der Waals surface area (Å²) in [5.74, 6) is -0.175. The first-order valence-corrected chi connectivity index (χ1v) is 12.1. The second-order valence-electron chi connectivity index (χ2n) is 9.33. The zero-order chi connectivity index (χ0) is 25.0. The third kappa shape index (κ3) is 3.59. The Morgan fingerprint density at radius 3 is 2.56 bits per heavy atom. The highest BCUT2D eigenvalue weighted by atomic mass is 35.5. The van der Waals surface area contributed by atoms with E-state index in [4.69, 9.17) is 28.1 Å². The Hall–Kier alpha value is -3.95. The van der Waals surface area contributed by atoms with Gasteiger partial charge in [0.1, 0.15) is 11.3 Å². The van der Waals surface area contributed by atoms with Crippen molar-refractivity contribution in [3.8, 4) is 11.1 Å². The van der Waals surface area contributed by atoms with Gasteiger partial charge in [-0.3, -0.25) is 9.48 Å². The molecule has 0 radical (unpaired) electrons. The number of carbonyl (C=O) groups is 1. The van der Waals surface area contributed by atoms with Crippen LogP contribution in [0.4, 0.5) is 5.95 Å². The number of rotatable bonds is 4. The van der Waals surface area contributed by atoms with Crippen LogP contribution in [0, 0.1) is 0 Å². The molecule has 1 saturated heterocycles. The molecule has 1 amide bonds. The number of amides is 1. The van der Waals surface area contributed by atoms with Crippen LogP contribution in [0.15, 0.2) is 54.9 Å². The summed E-state index contributed by atoms with van der Waals surface area (Å²) in [6.45, 7) is 1.32. The first kappa shape index (κ1) is 22.5. The van der Waals surface area contributed by atoms with Crippen molar-refractivity contribution >= 4 is 45.4 Å². The number of nitrogens with zero attached hydrogens (tertiary/aromatic N) is 5. The molecule has 1 fully saturated rings. The predicted octanol–water partition coefficient (Wildman–Crippen LogP) is 3.72. The molecule has 1 aliphatic rings. The molecule has 4 heterocycles. The first-order chi connectivity index (χ1) is 17.3. The zero-order valence-electron chi connectivity index (χ0n) is 19.7. The van der Waals surface area contributed by atoms with Crippen LogP contribution < -0.4 is 16.4 Å². The van der Waals surface area contributed by atoms with E-state index in [-0.39, 0.29) is 5.69 Å². The van der Waals surface area contributed by atoms with E-state index in [0.717, 1.165) is 34.9 Å². The Labute approximate surface area is 212 Å². The summed E-state index contributed by atoms with van der Waals surface area (Å²) < 4.78 is 1.71. The van der Waals surface area contributed by atoms with Gasteiger partial charge in [-0.2, -0.15) is 10.1 Å². The number of benzene rings is 2. The van der Waals surface area contributed by atoms with E-state index >= 15 is 0 Å². The lowest BCUT2D eigenvalue weighted by molar-refractivity contribution is 0.0997. The topological polar surface area (TPSA) is 132 Å². The smallest absolute Gasteiger partial charge is 0.268 e. The number of anilines is 1. The van der Waals surface area contributed by atoms with E-state index in [0.29, 0.717) is 40.7 Å². The third-order valence-corrected chi connectivity index (χ3v) is 7.48. The Kier molecular flexibility index (Phi) is 5.20. The van der Waals surface area contributed by atoms with Crippen LogP contribution in [0.2, 0.25) is 5.02 Å². The molecule has 6 rings (SSSR count). The van der Waals surface area contributed by atoms with Gasteiger partial charge in [-0.15, -0.1) is 0 Å². The molecule has 2 aromatic carbocycles. The van der Waals surface area contributed by atoms with E-state index in [1.807, 2.05) is 43.6 Å². The Morgan fingerprint density at radius 2 is 1.83 bits per heavy atom. The predicted molar refractivity (Wildman–Crippen MR) is 141 cm³/mol. The highest BCUT2D eigenvalue weighted by molar-refractivity contribution is 6.38. The molecule has 0 spiro atoms. The van der Waals surface area contributed by atoms with E-state index in [9.17, 15) is 4.79 Å². The largest absolute Gasteiger partial charge is 0.364 e. The summed E-state index contributed by atoms with van der Waals surface area (Å²) >= 11 is 6.76. The maximum atomic E-state index is 12.6. The van der Waals surface area contributed by atoms with Crippen molar-refractivity contribution in [3.05, 3.63) is 71.1 Å². The fraction of sp³-hybridized carbons (Fsp3) is 0.231. The molecule has 3 aromatic heterocycles. The van der Waals surface area contributed by atoms with Crippen LogP contribution in [0.1, 0.15) is 28.9 Å². The molecular formula is C26H25ClN8O. The second kappa shape index (κ2) is 8.32. The fourth-order valence-electron chi connectivity index (χ4n) is 5.10. The van der Waals surface area contributed by atoms with Gasteiger partial charge in [-0.1, -0.05) is 48.0 Å². The minimum absolute atomic E-state index is 0.154. The number of primary amides is 1. The summed E-state index contributed by atoms with van der Waals surface area (Å²) in [6, 6.07) is 13.9. The number of aryl methyl sites for hydroxylation is 1. The molecule has 0 atom stereocenters. The second-order valence-corrected chi connectivity index (χ2v) is 9.71. The quantitative estimate of drug-likeness (QED) is 0.344. The van der Waals surface area contributed by atoms with Crippen molar-refractivity contribution in [2.75, 3.05) is 18.0 Å². The van der Waals surface area contributed by atoms with Crippen LogP contribution >= 0.6 is 11.6 Å². The van der Waals surface area contributed by atoms with Gasteiger partial charge < -0.3 is 21.4 Å². The number of H-pyrrole nitrogens is 1. The lowest BCUT2D eigenvalue weighted by Crippen LogP contribution is -2.48. The van der Waals surface area contributed by atoms with Crippen molar-refractivity contribution in [3.63, 3.8) is 0 Å². The molecule has 0 bridgehead atoms. The Morgan fingerprint density at radius 1 is 1.08 bits per heavy atom. The molecule has 36 heavy (non-hydrogen) atoms. The summed E-state index contributed by atoms with van der Waals surface area (Å²) in [5, 5.41) is 6.32. The van der Waals surface area contributed by atoms with E-state index < -0.39 is 11.4 Å². The number of nitrogens with two attached hydrogens (primary N) is 2. The zero-order valence-corrected chi connectivity index (χ0v) is 20.5. The Bertz CT molecular complexity index is 1620. The molecule has 9 nitrogen and oxygen atoms in total. The summed E-state index contributed by atoms with van der Waals surface area (Å²) in [6.07, 6.45) is 5.13. The molecule has 0 unspecified atom stereocenters. The average molecular weight is 501 g/mol. The molecule has 0 aliphatic carbocycles. The van der Waals surface area contributed by atoms with E-state index in [1.54, 1.807) is 10.9 Å². The fourth-order valence-corrected chi connectivity index (χ4v) is 5.41. The summed E-state index contributed by atoms with van der Waals surface area (Å²) in [4.78, 5) is 27.2. The molecule has 182 valence electrons. The van der Waals surface area contributed by atoms with E-state index in [2.05, 4.69) is 32.1 Å². The minimum Gasteiger partial charge on any atom is -0.364 e. The number of hydrogen-bond donors (Lipinski definition) is 3. The van der Waals surface area contributed by atoms with E-state index in [1.165, 1.54) is 0 Å². The lowest BCUT2D eigenvalue weighted by atomic mass is 9.82. The number of fused-ring (bicyclic) bond motifs is 2. The number of hydrogen-bond acceptors (Lipinski definition) is 6. The van der Waals surface area contributed by atoms with Gasteiger partial charge in [0.2, 0.25) is 5.95 Å². The number of halogens is 1. The summed E-state index contributed by atoms with van der Waals surface area (Å²) in [7, 11) is 1.84. The van der Waals surface area contributed by atoms with Crippen LogP contribution in [0.3, 0.4) is 0 Å². The highest BCUT2D eigenvalue weighted by Gasteiger charge is 2.33. The summed E-state index contributed by atoms with van der Waals surface area (Å²) in [5.41, 5.74) is 16.2. The van der Waals surface area contributed by atoms with Gasteiger partial charge in [-0.05, 0) is 24.5 Å². The molecule has 5 aromatic rings. The number of piperidine rings is 1. The van der Waals surface area contributed by atoms with Gasteiger partial charge in [0, 0.05) is 54.6 Å². The highest BCUT2D eigenvalue weighted by Crippen LogP contribution is 2.39. The van der Waals surface area contributed by atoms with Crippen molar-refractivity contribution in [2.24, 2.45) is 18.5 Å². The van der Waals surface area contributed by atoms with Crippen LogP contribution in [-0.2, 0) is 12.6 Å². The number of nitrogens with one attached hydrogen (secondary N) is 1. The SMILES string of the molecule is Cn1cc2c(Cl)c(-c3c[nH]c4nc(N5CCC(N)(c6ccccc6)CC5)nc(C(N)=O)c34)ccc2n1. The standard InChI is InChI=1S/C26H25ClN8O/c1-34-14-18-19(33-34)8-7-16(21(18)27)17-13-30-24-20(17)22(23(28)36)31-25(32-24)35-11-9-26(29,10-12-35)15-5-3-2-4-6-15/h2-8,13-14H,9-12,29H2,1H3,(H2,28,36)(H,30,31,32). The van der Waals surface area contributed by atoms with Gasteiger partial charge in [0.15, 0.2) is 0 Å². The van der Waals surface area contributed by atoms with Gasteiger partial charge in [0.25, 0.3) is 5.91 Å². The van der Waals surface area contributed by atoms with Crippen molar-refractivity contribution in [1.82, 2.24) is 24.7 Å². The number of carbonyl (C=O) groups excluding carboxylic acids is 1. The van der Waals surface area contributed by atoms with Gasteiger partial charge in [-0.25, -0.2) is 4.98 Å². The third-order valence-electron chi connectivity index (χ3n) is 7.07. The first-order valence-electron chi connectivity index (χ1n) is 11.7. The average Bonchev–Trinajstić information content (AvgIpc) is 3.48.